The Hall–Kier alpha value is -2.31. The molecule has 0 radical (unpaired) electrons. The first-order valence-electron chi connectivity index (χ1n) is 8.09. The van der Waals surface area contributed by atoms with Crippen LogP contribution in [0.2, 0.25) is 0 Å². The number of nitrogens with zero attached hydrogens (tertiary/aromatic N) is 3. The van der Waals surface area contributed by atoms with Crippen molar-refractivity contribution in [1.82, 2.24) is 9.88 Å². The van der Waals surface area contributed by atoms with Crippen LogP contribution in [0.15, 0.2) is 18.3 Å². The van der Waals surface area contributed by atoms with Crippen molar-refractivity contribution in [2.75, 3.05) is 25.1 Å². The highest BCUT2D eigenvalue weighted by atomic mass is 16.6. The third-order valence-electron chi connectivity index (χ3n) is 4.33. The van der Waals surface area contributed by atoms with Gasteiger partial charge in [0.2, 0.25) is 0 Å². The fraction of sp³-hybridized carbons (Fsp3) is 0.588. The molecule has 0 spiro atoms. The highest BCUT2D eigenvalue weighted by molar-refractivity contribution is 5.89. The van der Waals surface area contributed by atoms with Crippen LogP contribution in [0.4, 0.5) is 10.6 Å². The molecule has 2 atom stereocenters. The molecule has 24 heavy (non-hydrogen) atoms. The summed E-state index contributed by atoms with van der Waals surface area (Å²) in [4.78, 5) is 32.1. The lowest BCUT2D eigenvalue weighted by atomic mass is 10.2. The largest absolute Gasteiger partial charge is 0.465 e. The molecule has 130 valence electrons. The first kappa shape index (κ1) is 16.5. The zero-order chi connectivity index (χ0) is 17.5. The number of amides is 1. The lowest BCUT2D eigenvalue weighted by Gasteiger charge is -2.35. The number of piperazine rings is 1. The maximum Gasteiger partial charge on any atom is 0.410 e. The second-order valence-corrected chi connectivity index (χ2v) is 7.23. The predicted molar refractivity (Wildman–Crippen MR) is 88.1 cm³/mol. The van der Waals surface area contributed by atoms with E-state index in [1.165, 1.54) is 13.3 Å². The molecule has 3 heterocycles. The van der Waals surface area contributed by atoms with Crippen LogP contribution in [-0.4, -0.2) is 59.8 Å². The maximum atomic E-state index is 12.3. The molecule has 0 N–H and O–H groups in total. The molecular formula is C17H23N3O4. The maximum absolute atomic E-state index is 12.3. The van der Waals surface area contributed by atoms with Crippen LogP contribution < -0.4 is 4.90 Å². The fourth-order valence-corrected chi connectivity index (χ4v) is 3.29. The van der Waals surface area contributed by atoms with E-state index in [0.717, 1.165) is 18.8 Å². The van der Waals surface area contributed by atoms with Gasteiger partial charge in [-0.2, -0.15) is 0 Å². The van der Waals surface area contributed by atoms with Crippen molar-refractivity contribution in [2.24, 2.45) is 0 Å². The molecule has 2 aliphatic rings. The molecule has 0 saturated carbocycles. The van der Waals surface area contributed by atoms with E-state index in [1.54, 1.807) is 6.07 Å². The number of methoxy groups -OCH3 is 1. The van der Waals surface area contributed by atoms with E-state index in [2.05, 4.69) is 14.6 Å². The van der Waals surface area contributed by atoms with Crippen LogP contribution in [0, 0.1) is 0 Å². The van der Waals surface area contributed by atoms with Crippen LogP contribution in [0.1, 0.15) is 37.6 Å². The Labute approximate surface area is 141 Å². The highest BCUT2D eigenvalue weighted by Crippen LogP contribution is 2.34. The Balaban J connectivity index is 1.65. The molecule has 7 heteroatoms. The van der Waals surface area contributed by atoms with Crippen molar-refractivity contribution >= 4 is 17.9 Å². The number of carbonyl (C=O) groups excluding carboxylic acids is 2. The Morgan fingerprint density at radius 1 is 1.21 bits per heavy atom. The summed E-state index contributed by atoms with van der Waals surface area (Å²) in [6, 6.07) is 3.92. The Kier molecular flexibility index (Phi) is 4.11. The summed E-state index contributed by atoms with van der Waals surface area (Å²) in [6.07, 6.45) is 2.20. The molecule has 2 saturated heterocycles. The summed E-state index contributed by atoms with van der Waals surface area (Å²) in [5.74, 6) is 0.423. The minimum Gasteiger partial charge on any atom is -0.465 e. The lowest BCUT2D eigenvalue weighted by molar-refractivity contribution is 0.0214. The predicted octanol–water partition coefficient (Wildman–Crippen LogP) is 2.07. The van der Waals surface area contributed by atoms with E-state index in [0.29, 0.717) is 12.1 Å². The van der Waals surface area contributed by atoms with Gasteiger partial charge in [0.1, 0.15) is 11.4 Å². The van der Waals surface area contributed by atoms with Gasteiger partial charge < -0.3 is 19.3 Å². The average molecular weight is 333 g/mol. The molecule has 3 rings (SSSR count). The topological polar surface area (TPSA) is 72.0 Å². The van der Waals surface area contributed by atoms with Crippen molar-refractivity contribution < 1.29 is 19.1 Å². The van der Waals surface area contributed by atoms with Gasteiger partial charge in [0, 0.05) is 19.3 Å². The third-order valence-corrected chi connectivity index (χ3v) is 4.33. The van der Waals surface area contributed by atoms with Gasteiger partial charge in [0.05, 0.1) is 24.8 Å². The van der Waals surface area contributed by atoms with E-state index in [-0.39, 0.29) is 18.2 Å². The summed E-state index contributed by atoms with van der Waals surface area (Å²) in [5.41, 5.74) is -0.0508. The number of carbonyl (C=O) groups is 2. The molecule has 2 fully saturated rings. The number of likely N-dealkylation sites (tertiary alicyclic amines) is 1. The van der Waals surface area contributed by atoms with Crippen molar-refractivity contribution in [1.29, 1.82) is 0 Å². The highest BCUT2D eigenvalue weighted by Gasteiger charge is 2.46. The number of hydrogen-bond donors (Lipinski definition) is 0. The summed E-state index contributed by atoms with van der Waals surface area (Å²) in [5, 5.41) is 0. The van der Waals surface area contributed by atoms with Crippen molar-refractivity contribution in [3.05, 3.63) is 23.9 Å². The van der Waals surface area contributed by atoms with E-state index < -0.39 is 11.6 Å². The van der Waals surface area contributed by atoms with Gasteiger partial charge in [0.25, 0.3) is 0 Å². The normalized spacial score (nSPS) is 22.7. The van der Waals surface area contributed by atoms with Gasteiger partial charge in [-0.05, 0) is 39.3 Å². The lowest BCUT2D eigenvalue weighted by Crippen LogP contribution is -2.50. The van der Waals surface area contributed by atoms with Crippen LogP contribution in [0.3, 0.4) is 0 Å². The molecule has 1 aromatic heterocycles. The number of rotatable bonds is 2. The fourth-order valence-electron chi connectivity index (χ4n) is 3.29. The van der Waals surface area contributed by atoms with Gasteiger partial charge >= 0.3 is 12.1 Å². The number of fused-ring (bicyclic) bond motifs is 2. The van der Waals surface area contributed by atoms with Gasteiger partial charge in [-0.3, -0.25) is 0 Å². The van der Waals surface area contributed by atoms with Crippen molar-refractivity contribution in [2.45, 2.75) is 44.9 Å². The molecule has 1 amide bonds. The Morgan fingerprint density at radius 2 is 1.96 bits per heavy atom. The van der Waals surface area contributed by atoms with Crippen LogP contribution >= 0.6 is 0 Å². The quantitative estimate of drug-likeness (QED) is 0.772. The van der Waals surface area contributed by atoms with E-state index in [9.17, 15) is 9.59 Å². The molecule has 0 aromatic carbocycles. The zero-order valence-electron chi connectivity index (χ0n) is 14.5. The number of pyridine rings is 1. The molecule has 7 nitrogen and oxygen atoms in total. The number of esters is 1. The molecule has 2 aliphatic heterocycles. The monoisotopic (exact) mass is 333 g/mol. The van der Waals surface area contributed by atoms with Crippen molar-refractivity contribution in [3.63, 3.8) is 0 Å². The second-order valence-electron chi connectivity index (χ2n) is 7.23. The van der Waals surface area contributed by atoms with Gasteiger partial charge in [-0.15, -0.1) is 0 Å². The molecule has 2 bridgehead atoms. The molecule has 0 aliphatic carbocycles. The summed E-state index contributed by atoms with van der Waals surface area (Å²) < 4.78 is 10.2. The number of ether oxygens (including phenoxy) is 2. The average Bonchev–Trinajstić information content (AvgIpc) is 3.13. The minimum atomic E-state index is -0.482. The molecular weight excluding hydrogens is 310 g/mol. The smallest absolute Gasteiger partial charge is 0.410 e. The second kappa shape index (κ2) is 5.96. The summed E-state index contributed by atoms with van der Waals surface area (Å²) >= 11 is 0. The minimum absolute atomic E-state index is 0.145. The van der Waals surface area contributed by atoms with Gasteiger partial charge in [-0.25, -0.2) is 14.6 Å². The van der Waals surface area contributed by atoms with Crippen LogP contribution in [0.25, 0.3) is 0 Å². The van der Waals surface area contributed by atoms with Crippen LogP contribution in [-0.2, 0) is 9.47 Å². The Bertz CT molecular complexity index is 638. The standard InChI is InChI=1S/C17H23N3O4/c1-17(2,3)24-16(22)20-10-12-7-13(20)9-19(12)14-6-5-11(8-18-14)15(21)23-4/h5-6,8,12-13H,7,9-10H2,1-4H3/t12-,13?/m0/s1. The van der Waals surface area contributed by atoms with Crippen molar-refractivity contribution in [3.8, 4) is 0 Å². The molecule has 1 unspecified atom stereocenters. The molecule has 1 aromatic rings. The van der Waals surface area contributed by atoms with E-state index in [1.807, 2.05) is 31.7 Å². The number of hydrogen-bond acceptors (Lipinski definition) is 6. The zero-order valence-corrected chi connectivity index (χ0v) is 14.5. The van der Waals surface area contributed by atoms with Crippen LogP contribution in [0.5, 0.6) is 0 Å². The van der Waals surface area contributed by atoms with Gasteiger partial charge in [-0.1, -0.05) is 0 Å². The summed E-state index contributed by atoms with van der Waals surface area (Å²) in [7, 11) is 1.35. The van der Waals surface area contributed by atoms with E-state index in [4.69, 9.17) is 4.74 Å². The first-order valence-corrected chi connectivity index (χ1v) is 8.09. The third kappa shape index (κ3) is 3.16. The van der Waals surface area contributed by atoms with E-state index >= 15 is 0 Å². The summed E-state index contributed by atoms with van der Waals surface area (Å²) in [6.45, 7) is 6.99. The first-order chi connectivity index (χ1) is 11.3. The SMILES string of the molecule is COC(=O)c1ccc(N2CC3C[C@H]2CN3C(=O)OC(C)(C)C)nc1. The number of anilines is 1. The Morgan fingerprint density at radius 3 is 2.46 bits per heavy atom. The number of aromatic nitrogens is 1. The van der Waals surface area contributed by atoms with Gasteiger partial charge in [0.15, 0.2) is 0 Å².